The summed E-state index contributed by atoms with van der Waals surface area (Å²) < 4.78 is 7.04. The number of aryl methyl sites for hydroxylation is 1. The van der Waals surface area contributed by atoms with Crippen molar-refractivity contribution in [1.82, 2.24) is 19.8 Å². The van der Waals surface area contributed by atoms with E-state index in [1.807, 2.05) is 59.5 Å². The van der Waals surface area contributed by atoms with E-state index in [1.54, 1.807) is 38.0 Å². The van der Waals surface area contributed by atoms with Crippen molar-refractivity contribution in [2.75, 3.05) is 25.5 Å². The quantitative estimate of drug-likeness (QED) is 0.257. The van der Waals surface area contributed by atoms with E-state index in [0.29, 0.717) is 37.6 Å². The molecule has 0 aliphatic carbocycles. The third-order valence-corrected chi connectivity index (χ3v) is 7.92. The summed E-state index contributed by atoms with van der Waals surface area (Å²) in [4.78, 5) is 46.3. The van der Waals surface area contributed by atoms with Crippen LogP contribution in [0, 0.1) is 5.92 Å². The first kappa shape index (κ1) is 37.6. The predicted octanol–water partition coefficient (Wildman–Crippen LogP) is 4.77. The Balaban J connectivity index is 0.00000353. The molecule has 2 aromatic carbocycles. The number of imidazole rings is 1. The second-order valence-corrected chi connectivity index (χ2v) is 12.0. The number of carbonyl (C=O) groups excluding carboxylic acids is 3. The molecule has 10 nitrogen and oxygen atoms in total. The van der Waals surface area contributed by atoms with Crippen LogP contribution in [0.15, 0.2) is 67.1 Å². The molecule has 1 fully saturated rings. The number of hydrogen-bond acceptors (Lipinski definition) is 6. The highest BCUT2D eigenvalue weighted by atomic mass is 35.5. The van der Waals surface area contributed by atoms with Crippen LogP contribution in [-0.2, 0) is 20.8 Å². The summed E-state index contributed by atoms with van der Waals surface area (Å²) in [5, 5.41) is 5.66. The highest BCUT2D eigenvalue weighted by Crippen LogP contribution is 2.27. The standard InChI is InChI=1S/C33H44N6O4.2ClH/c1-23-17-19-38(20-18-23)31(41)29(25-13-15-26(43-4)16-14-25)39-21-28(35-22-39)37-30(40)27(36-32(42)33(2,3)34)12-8-11-24-9-6-5-7-10-24;;/h5-7,9-10,13-16,21-23,27,29H,8,11-12,17-20,34H2,1-4H3,(H,36,42)(H,37,40);2*1H/t27-,29?;;/m1../s1. The Morgan fingerprint density at radius 2 is 1.69 bits per heavy atom. The summed E-state index contributed by atoms with van der Waals surface area (Å²) in [5.41, 5.74) is 6.81. The van der Waals surface area contributed by atoms with Crippen molar-refractivity contribution < 1.29 is 19.1 Å². The largest absolute Gasteiger partial charge is 0.497 e. The number of ether oxygens (including phenoxy) is 1. The zero-order valence-electron chi connectivity index (χ0n) is 26.4. The van der Waals surface area contributed by atoms with E-state index >= 15 is 0 Å². The molecule has 1 aliphatic heterocycles. The molecule has 12 heteroatoms. The van der Waals surface area contributed by atoms with Crippen LogP contribution in [0.3, 0.4) is 0 Å². The lowest BCUT2D eigenvalue weighted by Gasteiger charge is -2.33. The van der Waals surface area contributed by atoms with Gasteiger partial charge in [0, 0.05) is 19.3 Å². The molecular formula is C33H46Cl2N6O4. The predicted molar refractivity (Wildman–Crippen MR) is 181 cm³/mol. The van der Waals surface area contributed by atoms with Gasteiger partial charge in [-0.25, -0.2) is 4.98 Å². The first-order valence-electron chi connectivity index (χ1n) is 15.0. The van der Waals surface area contributed by atoms with Crippen LogP contribution < -0.4 is 21.1 Å². The highest BCUT2D eigenvalue weighted by molar-refractivity contribution is 5.98. The molecule has 3 aromatic rings. The number of rotatable bonds is 12. The zero-order valence-corrected chi connectivity index (χ0v) is 28.0. The molecule has 246 valence electrons. The smallest absolute Gasteiger partial charge is 0.250 e. The van der Waals surface area contributed by atoms with E-state index in [1.165, 1.54) is 0 Å². The van der Waals surface area contributed by atoms with Gasteiger partial charge >= 0.3 is 0 Å². The Morgan fingerprint density at radius 1 is 1.04 bits per heavy atom. The Bertz CT molecular complexity index is 1370. The van der Waals surface area contributed by atoms with Crippen molar-refractivity contribution >= 4 is 48.4 Å². The summed E-state index contributed by atoms with van der Waals surface area (Å²) in [6, 6.07) is 15.9. The third kappa shape index (κ3) is 10.5. The van der Waals surface area contributed by atoms with Crippen LogP contribution in [-0.4, -0.2) is 64.0 Å². The van der Waals surface area contributed by atoms with Crippen LogP contribution in [0.2, 0.25) is 0 Å². The first-order chi connectivity index (χ1) is 20.5. The van der Waals surface area contributed by atoms with Crippen LogP contribution >= 0.6 is 24.8 Å². The van der Waals surface area contributed by atoms with Gasteiger partial charge in [-0.05, 0) is 75.1 Å². The minimum atomic E-state index is -1.14. The molecular weight excluding hydrogens is 615 g/mol. The van der Waals surface area contributed by atoms with E-state index in [2.05, 4.69) is 22.5 Å². The Labute approximate surface area is 278 Å². The number of nitrogens with two attached hydrogens (primary N) is 1. The topological polar surface area (TPSA) is 132 Å². The SMILES string of the molecule is COc1ccc(C(C(=O)N2CCC(C)CC2)n2cnc(NC(=O)[C@@H](CCCc3ccccc3)NC(=O)C(C)(C)N)c2)cc1.Cl.Cl. The average molecular weight is 662 g/mol. The summed E-state index contributed by atoms with van der Waals surface area (Å²) in [5.74, 6) is 0.736. The van der Waals surface area contributed by atoms with Gasteiger partial charge in [0.25, 0.3) is 0 Å². The van der Waals surface area contributed by atoms with Crippen LogP contribution in [0.4, 0.5) is 5.82 Å². The number of carbonyl (C=O) groups is 3. The number of amides is 3. The fourth-order valence-electron chi connectivity index (χ4n) is 5.15. The molecule has 1 aliphatic rings. The Kier molecular flexibility index (Phi) is 14.4. The highest BCUT2D eigenvalue weighted by Gasteiger charge is 2.31. The van der Waals surface area contributed by atoms with Crippen molar-refractivity contribution in [2.24, 2.45) is 11.7 Å². The molecule has 3 amide bonds. The summed E-state index contributed by atoms with van der Waals surface area (Å²) in [6.45, 7) is 6.81. The minimum Gasteiger partial charge on any atom is -0.497 e. The normalized spacial score (nSPS) is 14.7. The van der Waals surface area contributed by atoms with Crippen molar-refractivity contribution in [1.29, 1.82) is 0 Å². The summed E-state index contributed by atoms with van der Waals surface area (Å²) in [6.07, 6.45) is 7.01. The van der Waals surface area contributed by atoms with Crippen LogP contribution in [0.1, 0.15) is 63.6 Å². The molecule has 45 heavy (non-hydrogen) atoms. The van der Waals surface area contributed by atoms with Crippen molar-refractivity contribution in [2.45, 2.75) is 70.5 Å². The van der Waals surface area contributed by atoms with E-state index in [-0.39, 0.29) is 36.5 Å². The number of nitrogens with zero attached hydrogens (tertiary/aromatic N) is 3. The van der Waals surface area contributed by atoms with Crippen LogP contribution in [0.25, 0.3) is 0 Å². The van der Waals surface area contributed by atoms with Crippen molar-refractivity contribution in [3.63, 3.8) is 0 Å². The molecule has 2 atom stereocenters. The van der Waals surface area contributed by atoms with Gasteiger partial charge in [-0.1, -0.05) is 49.4 Å². The molecule has 1 unspecified atom stereocenters. The molecule has 0 spiro atoms. The average Bonchev–Trinajstić information content (AvgIpc) is 3.45. The van der Waals surface area contributed by atoms with Gasteiger partial charge in [-0.2, -0.15) is 0 Å². The van der Waals surface area contributed by atoms with Crippen molar-refractivity contribution in [3.05, 3.63) is 78.2 Å². The van der Waals surface area contributed by atoms with Gasteiger partial charge in [-0.15, -0.1) is 24.8 Å². The van der Waals surface area contributed by atoms with Gasteiger partial charge in [-0.3, -0.25) is 14.4 Å². The fraction of sp³-hybridized carbons (Fsp3) is 0.455. The molecule has 4 rings (SSSR count). The van der Waals surface area contributed by atoms with Gasteiger partial charge < -0.3 is 30.6 Å². The molecule has 0 bridgehead atoms. The zero-order chi connectivity index (χ0) is 31.0. The molecule has 2 heterocycles. The maximum absolute atomic E-state index is 13.8. The van der Waals surface area contributed by atoms with Crippen LogP contribution in [0.5, 0.6) is 5.75 Å². The fourth-order valence-corrected chi connectivity index (χ4v) is 5.15. The van der Waals surface area contributed by atoms with Crippen molar-refractivity contribution in [3.8, 4) is 5.75 Å². The second-order valence-electron chi connectivity index (χ2n) is 12.0. The van der Waals surface area contributed by atoms with Gasteiger partial charge in [0.2, 0.25) is 17.7 Å². The molecule has 0 saturated carbocycles. The monoisotopic (exact) mass is 660 g/mol. The molecule has 0 radical (unpaired) electrons. The van der Waals surface area contributed by atoms with E-state index < -0.39 is 29.4 Å². The number of hydrogen-bond donors (Lipinski definition) is 3. The number of nitrogens with one attached hydrogen (secondary N) is 2. The number of anilines is 1. The van der Waals surface area contributed by atoms with E-state index in [4.69, 9.17) is 10.5 Å². The first-order valence-corrected chi connectivity index (χ1v) is 15.0. The number of aromatic nitrogens is 2. The lowest BCUT2D eigenvalue weighted by Crippen LogP contribution is -2.54. The number of methoxy groups -OCH3 is 1. The van der Waals surface area contributed by atoms with Gasteiger partial charge in [0.1, 0.15) is 17.8 Å². The van der Waals surface area contributed by atoms with Gasteiger partial charge in [0.15, 0.2) is 5.82 Å². The Morgan fingerprint density at radius 3 is 2.29 bits per heavy atom. The maximum atomic E-state index is 13.8. The lowest BCUT2D eigenvalue weighted by molar-refractivity contribution is -0.135. The van der Waals surface area contributed by atoms with Gasteiger partial charge in [0.05, 0.1) is 19.0 Å². The maximum Gasteiger partial charge on any atom is 0.250 e. The number of halogens is 2. The molecule has 1 saturated heterocycles. The minimum absolute atomic E-state index is 0. The molecule has 1 aromatic heterocycles. The summed E-state index contributed by atoms with van der Waals surface area (Å²) >= 11 is 0. The number of piperidine rings is 1. The van der Waals surface area contributed by atoms with E-state index in [0.717, 1.165) is 30.4 Å². The number of likely N-dealkylation sites (tertiary alicyclic amines) is 1. The van der Waals surface area contributed by atoms with E-state index in [9.17, 15) is 14.4 Å². The Hall–Kier alpha value is -3.60. The number of benzene rings is 2. The summed E-state index contributed by atoms with van der Waals surface area (Å²) in [7, 11) is 1.60. The lowest BCUT2D eigenvalue weighted by atomic mass is 9.97. The second kappa shape index (κ2) is 17.2. The third-order valence-electron chi connectivity index (χ3n) is 7.92. The molecule has 4 N–H and O–H groups in total.